The van der Waals surface area contributed by atoms with E-state index < -0.39 is 0 Å². The van der Waals surface area contributed by atoms with Crippen molar-refractivity contribution in [2.24, 2.45) is 11.7 Å². The van der Waals surface area contributed by atoms with Crippen LogP contribution in [0.1, 0.15) is 62.5 Å². The number of hydrogen-bond donors (Lipinski definition) is 1. The zero-order valence-corrected chi connectivity index (χ0v) is 11.5. The van der Waals surface area contributed by atoms with Crippen LogP contribution in [0.2, 0.25) is 0 Å². The van der Waals surface area contributed by atoms with Gasteiger partial charge in [-0.1, -0.05) is 69.2 Å². The summed E-state index contributed by atoms with van der Waals surface area (Å²) in [7, 11) is 0. The first-order valence-electron chi connectivity index (χ1n) is 7.66. The molecule has 0 spiro atoms. The van der Waals surface area contributed by atoms with Crippen molar-refractivity contribution < 1.29 is 0 Å². The molecule has 0 saturated heterocycles. The van der Waals surface area contributed by atoms with Crippen molar-refractivity contribution in [3.05, 3.63) is 35.4 Å². The van der Waals surface area contributed by atoms with Gasteiger partial charge in [0.05, 0.1) is 0 Å². The van der Waals surface area contributed by atoms with E-state index >= 15 is 0 Å². The van der Waals surface area contributed by atoms with Crippen molar-refractivity contribution in [2.75, 3.05) is 0 Å². The second-order valence-corrected chi connectivity index (χ2v) is 5.77. The number of hydrogen-bond acceptors (Lipinski definition) is 1. The first-order chi connectivity index (χ1) is 8.88. The van der Waals surface area contributed by atoms with E-state index in [0.717, 1.165) is 5.92 Å². The first kappa shape index (κ1) is 13.6. The summed E-state index contributed by atoms with van der Waals surface area (Å²) in [5.41, 5.74) is 8.39. The zero-order valence-electron chi connectivity index (χ0n) is 11.5. The van der Waals surface area contributed by atoms with Crippen LogP contribution < -0.4 is 5.73 Å². The van der Waals surface area contributed by atoms with Gasteiger partial charge in [-0.15, -0.1) is 0 Å². The Bertz CT molecular complexity index is 339. The van der Waals surface area contributed by atoms with Gasteiger partial charge < -0.3 is 5.73 Å². The Labute approximate surface area is 112 Å². The molecule has 1 aromatic rings. The molecule has 1 aliphatic carbocycles. The molecule has 0 unspecified atom stereocenters. The lowest BCUT2D eigenvalue weighted by molar-refractivity contribution is 0.330. The van der Waals surface area contributed by atoms with Crippen molar-refractivity contribution >= 4 is 0 Å². The normalized spacial score (nSPS) is 16.9. The topological polar surface area (TPSA) is 26.0 Å². The number of benzene rings is 1. The van der Waals surface area contributed by atoms with Crippen LogP contribution in [-0.2, 0) is 13.0 Å². The van der Waals surface area contributed by atoms with E-state index in [1.165, 1.54) is 68.9 Å². The minimum Gasteiger partial charge on any atom is -0.326 e. The Morgan fingerprint density at radius 1 is 1.00 bits per heavy atom. The van der Waals surface area contributed by atoms with Gasteiger partial charge in [0.1, 0.15) is 0 Å². The predicted molar refractivity (Wildman–Crippen MR) is 78.5 cm³/mol. The second-order valence-electron chi connectivity index (χ2n) is 5.77. The molecule has 1 aromatic carbocycles. The fraction of sp³-hybridized carbons (Fsp3) is 0.647. The fourth-order valence-corrected chi connectivity index (χ4v) is 3.15. The van der Waals surface area contributed by atoms with E-state index in [1.54, 1.807) is 0 Å². The second kappa shape index (κ2) is 7.58. The highest BCUT2D eigenvalue weighted by atomic mass is 14.5. The van der Waals surface area contributed by atoms with Crippen LogP contribution in [0.4, 0.5) is 0 Å². The quantitative estimate of drug-likeness (QED) is 0.737. The lowest BCUT2D eigenvalue weighted by Crippen LogP contribution is -2.06. The van der Waals surface area contributed by atoms with E-state index in [1.807, 2.05) is 0 Å². The largest absolute Gasteiger partial charge is 0.326 e. The third-order valence-corrected chi connectivity index (χ3v) is 4.28. The van der Waals surface area contributed by atoms with Gasteiger partial charge >= 0.3 is 0 Å². The van der Waals surface area contributed by atoms with Crippen molar-refractivity contribution in [2.45, 2.75) is 64.3 Å². The van der Waals surface area contributed by atoms with Crippen molar-refractivity contribution in [3.63, 3.8) is 0 Å². The molecule has 0 amide bonds. The van der Waals surface area contributed by atoms with Gasteiger partial charge in [-0.2, -0.15) is 0 Å². The number of unbranched alkanes of at least 4 members (excludes halogenated alkanes) is 1. The predicted octanol–water partition coefficient (Wildman–Crippen LogP) is 4.44. The molecule has 2 N–H and O–H groups in total. The Morgan fingerprint density at radius 2 is 1.78 bits per heavy atom. The number of aryl methyl sites for hydroxylation is 1. The van der Waals surface area contributed by atoms with Gasteiger partial charge in [0, 0.05) is 6.54 Å². The molecule has 0 radical (unpaired) electrons. The van der Waals surface area contributed by atoms with E-state index in [2.05, 4.69) is 24.3 Å². The molecule has 0 aliphatic heterocycles. The SMILES string of the molecule is NCc1cccc(CCCCC2CCCCC2)c1. The Balaban J connectivity index is 1.65. The summed E-state index contributed by atoms with van der Waals surface area (Å²) in [5, 5.41) is 0. The smallest absolute Gasteiger partial charge is 0.0178 e. The molecule has 0 bridgehead atoms. The molecule has 1 saturated carbocycles. The van der Waals surface area contributed by atoms with Crippen molar-refractivity contribution in [1.82, 2.24) is 0 Å². The zero-order chi connectivity index (χ0) is 12.6. The summed E-state index contributed by atoms with van der Waals surface area (Å²) >= 11 is 0. The molecule has 0 aromatic heterocycles. The summed E-state index contributed by atoms with van der Waals surface area (Å²) in [5.74, 6) is 1.04. The minimum atomic E-state index is 0.663. The van der Waals surface area contributed by atoms with Crippen LogP contribution in [0, 0.1) is 5.92 Å². The highest BCUT2D eigenvalue weighted by Crippen LogP contribution is 2.27. The van der Waals surface area contributed by atoms with Crippen LogP contribution in [0.25, 0.3) is 0 Å². The van der Waals surface area contributed by atoms with Crippen LogP contribution in [0.5, 0.6) is 0 Å². The highest BCUT2D eigenvalue weighted by molar-refractivity contribution is 5.23. The average molecular weight is 245 g/mol. The summed E-state index contributed by atoms with van der Waals surface area (Å²) in [6, 6.07) is 8.75. The van der Waals surface area contributed by atoms with Gasteiger partial charge in [-0.3, -0.25) is 0 Å². The standard InChI is InChI=1S/C17H27N/c18-14-17-12-6-11-16(13-17)10-5-4-9-15-7-2-1-3-8-15/h6,11-13,15H,1-5,7-10,14,18H2. The summed E-state index contributed by atoms with van der Waals surface area (Å²) in [4.78, 5) is 0. The van der Waals surface area contributed by atoms with E-state index in [9.17, 15) is 0 Å². The summed E-state index contributed by atoms with van der Waals surface area (Å²) in [6.07, 6.45) is 12.8. The molecular formula is C17H27N. The van der Waals surface area contributed by atoms with Crippen LogP contribution in [0.15, 0.2) is 24.3 Å². The van der Waals surface area contributed by atoms with Crippen molar-refractivity contribution in [1.29, 1.82) is 0 Å². The maximum absolute atomic E-state index is 5.67. The first-order valence-corrected chi connectivity index (χ1v) is 7.66. The number of nitrogens with two attached hydrogens (primary N) is 1. The highest BCUT2D eigenvalue weighted by Gasteiger charge is 2.12. The summed E-state index contributed by atoms with van der Waals surface area (Å²) < 4.78 is 0. The molecule has 18 heavy (non-hydrogen) atoms. The average Bonchev–Trinajstić information content (AvgIpc) is 2.45. The van der Waals surface area contributed by atoms with Crippen LogP contribution in [0.3, 0.4) is 0 Å². The summed E-state index contributed by atoms with van der Waals surface area (Å²) in [6.45, 7) is 0.663. The Morgan fingerprint density at radius 3 is 2.56 bits per heavy atom. The van der Waals surface area contributed by atoms with Crippen LogP contribution in [-0.4, -0.2) is 0 Å². The molecule has 2 rings (SSSR count). The number of rotatable bonds is 6. The molecule has 0 heterocycles. The molecule has 1 aliphatic rings. The van der Waals surface area contributed by atoms with Gasteiger partial charge in [0.25, 0.3) is 0 Å². The fourth-order valence-electron chi connectivity index (χ4n) is 3.15. The molecule has 100 valence electrons. The maximum atomic E-state index is 5.67. The van der Waals surface area contributed by atoms with E-state index in [4.69, 9.17) is 5.73 Å². The van der Waals surface area contributed by atoms with E-state index in [-0.39, 0.29) is 0 Å². The van der Waals surface area contributed by atoms with Gasteiger partial charge in [0.15, 0.2) is 0 Å². The van der Waals surface area contributed by atoms with Crippen molar-refractivity contribution in [3.8, 4) is 0 Å². The maximum Gasteiger partial charge on any atom is 0.0178 e. The van der Waals surface area contributed by atoms with Gasteiger partial charge in [-0.05, 0) is 29.9 Å². The van der Waals surface area contributed by atoms with Gasteiger partial charge in [0.2, 0.25) is 0 Å². The molecule has 0 atom stereocenters. The Kier molecular flexibility index (Phi) is 5.73. The Hall–Kier alpha value is -0.820. The lowest BCUT2D eigenvalue weighted by atomic mass is 9.85. The van der Waals surface area contributed by atoms with Crippen LogP contribution >= 0.6 is 0 Å². The molecule has 1 nitrogen and oxygen atoms in total. The molecular weight excluding hydrogens is 218 g/mol. The van der Waals surface area contributed by atoms with E-state index in [0.29, 0.717) is 6.54 Å². The monoisotopic (exact) mass is 245 g/mol. The minimum absolute atomic E-state index is 0.663. The van der Waals surface area contributed by atoms with Gasteiger partial charge in [-0.25, -0.2) is 0 Å². The molecule has 1 heteroatoms. The third kappa shape index (κ3) is 4.45. The third-order valence-electron chi connectivity index (χ3n) is 4.28. The molecule has 1 fully saturated rings. The lowest BCUT2D eigenvalue weighted by Gasteiger charge is -2.21.